The summed E-state index contributed by atoms with van der Waals surface area (Å²) in [6.45, 7) is 1.70. The molecule has 0 fully saturated rings. The molecule has 2 N–H and O–H groups in total. The van der Waals surface area contributed by atoms with Gasteiger partial charge in [0.15, 0.2) is 12.6 Å². The summed E-state index contributed by atoms with van der Waals surface area (Å²) in [5.74, 6) is 0.800. The Balaban J connectivity index is 0.00000529. The SMILES string of the molecule is CN=C(NCc1ccc(OCC(F)(F)F)cc1)NC(C)COC.I. The van der Waals surface area contributed by atoms with Crippen molar-refractivity contribution < 1.29 is 22.6 Å². The van der Waals surface area contributed by atoms with Crippen molar-refractivity contribution in [2.45, 2.75) is 25.7 Å². The first-order chi connectivity index (χ1) is 10.8. The molecule has 1 aromatic carbocycles. The van der Waals surface area contributed by atoms with E-state index in [1.54, 1.807) is 26.3 Å². The van der Waals surface area contributed by atoms with Crippen LogP contribution in [0.5, 0.6) is 5.75 Å². The van der Waals surface area contributed by atoms with Crippen LogP contribution in [-0.2, 0) is 11.3 Å². The number of hydrogen-bond donors (Lipinski definition) is 2. The van der Waals surface area contributed by atoms with E-state index in [1.807, 2.05) is 6.92 Å². The molecule has 0 aliphatic carbocycles. The fourth-order valence-electron chi connectivity index (χ4n) is 1.77. The lowest BCUT2D eigenvalue weighted by atomic mass is 10.2. The number of nitrogens with one attached hydrogen (secondary N) is 2. The Kier molecular flexibility index (Phi) is 10.8. The van der Waals surface area contributed by atoms with Crippen molar-refractivity contribution in [1.82, 2.24) is 10.6 Å². The highest BCUT2D eigenvalue weighted by molar-refractivity contribution is 14.0. The van der Waals surface area contributed by atoms with E-state index in [1.165, 1.54) is 12.1 Å². The zero-order valence-corrected chi connectivity index (χ0v) is 16.1. The van der Waals surface area contributed by atoms with E-state index in [9.17, 15) is 13.2 Å². The van der Waals surface area contributed by atoms with Gasteiger partial charge in [0.25, 0.3) is 0 Å². The van der Waals surface area contributed by atoms with E-state index < -0.39 is 12.8 Å². The standard InChI is InChI=1S/C15H22F3N3O2.HI/c1-11(9-22-3)21-14(19-2)20-8-12-4-6-13(7-5-12)23-10-15(16,17)18;/h4-7,11H,8-10H2,1-3H3,(H2,19,20,21);1H. The maximum Gasteiger partial charge on any atom is 0.422 e. The number of guanidine groups is 1. The fourth-order valence-corrected chi connectivity index (χ4v) is 1.77. The molecule has 0 heterocycles. The number of methoxy groups -OCH3 is 1. The van der Waals surface area contributed by atoms with E-state index in [0.29, 0.717) is 19.1 Å². The number of alkyl halides is 3. The summed E-state index contributed by atoms with van der Waals surface area (Å²) in [5.41, 5.74) is 0.895. The third kappa shape index (κ3) is 9.81. The van der Waals surface area contributed by atoms with Crippen LogP contribution < -0.4 is 15.4 Å². The van der Waals surface area contributed by atoms with Crippen LogP contribution in [0.2, 0.25) is 0 Å². The monoisotopic (exact) mass is 461 g/mol. The second kappa shape index (κ2) is 11.3. The molecule has 0 bridgehead atoms. The fraction of sp³-hybridized carbons (Fsp3) is 0.533. The molecule has 0 aliphatic heterocycles. The number of aliphatic imine (C=N–C) groups is 1. The van der Waals surface area contributed by atoms with E-state index in [0.717, 1.165) is 5.56 Å². The summed E-state index contributed by atoms with van der Waals surface area (Å²) in [7, 11) is 3.28. The minimum Gasteiger partial charge on any atom is -0.484 e. The average molecular weight is 461 g/mol. The summed E-state index contributed by atoms with van der Waals surface area (Å²) >= 11 is 0. The number of halogens is 4. The first kappa shape index (κ1) is 22.8. The molecular weight excluding hydrogens is 438 g/mol. The largest absolute Gasteiger partial charge is 0.484 e. The number of rotatable bonds is 7. The topological polar surface area (TPSA) is 54.9 Å². The van der Waals surface area contributed by atoms with Crippen molar-refractivity contribution in [1.29, 1.82) is 0 Å². The Morgan fingerprint density at radius 1 is 1.25 bits per heavy atom. The van der Waals surface area contributed by atoms with Crippen LogP contribution >= 0.6 is 24.0 Å². The zero-order valence-electron chi connectivity index (χ0n) is 13.8. The third-order valence-electron chi connectivity index (χ3n) is 2.81. The van der Waals surface area contributed by atoms with Crippen LogP contribution in [-0.4, -0.2) is 45.5 Å². The molecular formula is C15H23F3IN3O2. The summed E-state index contributed by atoms with van der Waals surface area (Å²) in [6.07, 6.45) is -4.34. The van der Waals surface area contributed by atoms with Crippen LogP contribution in [0.3, 0.4) is 0 Å². The summed E-state index contributed by atoms with van der Waals surface area (Å²) in [5, 5.41) is 6.26. The van der Waals surface area contributed by atoms with Gasteiger partial charge in [0.2, 0.25) is 0 Å². The molecule has 9 heteroatoms. The Hall–Kier alpha value is -1.23. The van der Waals surface area contributed by atoms with Crippen molar-refractivity contribution in [2.24, 2.45) is 4.99 Å². The van der Waals surface area contributed by atoms with Crippen LogP contribution in [0.15, 0.2) is 29.3 Å². The lowest BCUT2D eigenvalue weighted by Gasteiger charge is -2.17. The molecule has 138 valence electrons. The normalized spacial score (nSPS) is 13.0. The Morgan fingerprint density at radius 2 is 1.88 bits per heavy atom. The average Bonchev–Trinajstić information content (AvgIpc) is 2.50. The van der Waals surface area contributed by atoms with Crippen molar-refractivity contribution in [2.75, 3.05) is 27.4 Å². The summed E-state index contributed by atoms with van der Waals surface area (Å²) in [6, 6.07) is 6.51. The first-order valence-electron chi connectivity index (χ1n) is 7.08. The number of ether oxygens (including phenoxy) is 2. The van der Waals surface area contributed by atoms with Gasteiger partial charge in [-0.1, -0.05) is 12.1 Å². The van der Waals surface area contributed by atoms with E-state index >= 15 is 0 Å². The zero-order chi connectivity index (χ0) is 17.3. The molecule has 1 atom stereocenters. The Labute approximate surface area is 157 Å². The minimum absolute atomic E-state index is 0. The highest BCUT2D eigenvalue weighted by Crippen LogP contribution is 2.18. The van der Waals surface area contributed by atoms with Crippen LogP contribution in [0.25, 0.3) is 0 Å². The van der Waals surface area contributed by atoms with Crippen LogP contribution in [0, 0.1) is 0 Å². The smallest absolute Gasteiger partial charge is 0.422 e. The molecule has 0 aromatic heterocycles. The number of nitrogens with zero attached hydrogens (tertiary/aromatic N) is 1. The molecule has 1 unspecified atom stereocenters. The highest BCUT2D eigenvalue weighted by Gasteiger charge is 2.28. The maximum atomic E-state index is 12.1. The van der Waals surface area contributed by atoms with Gasteiger partial charge >= 0.3 is 6.18 Å². The molecule has 1 aromatic rings. The Bertz CT molecular complexity index is 496. The number of hydrogen-bond acceptors (Lipinski definition) is 3. The minimum atomic E-state index is -4.34. The van der Waals surface area contributed by atoms with Crippen molar-refractivity contribution >= 4 is 29.9 Å². The molecule has 0 saturated heterocycles. The highest BCUT2D eigenvalue weighted by atomic mass is 127. The van der Waals surface area contributed by atoms with Gasteiger partial charge in [-0.15, -0.1) is 24.0 Å². The molecule has 0 spiro atoms. The Morgan fingerprint density at radius 3 is 2.38 bits per heavy atom. The molecule has 0 radical (unpaired) electrons. The summed E-state index contributed by atoms with van der Waals surface area (Å²) < 4.78 is 45.9. The predicted molar refractivity (Wildman–Crippen MR) is 98.1 cm³/mol. The van der Waals surface area contributed by atoms with E-state index in [-0.39, 0.29) is 35.8 Å². The van der Waals surface area contributed by atoms with E-state index in [2.05, 4.69) is 20.4 Å². The third-order valence-corrected chi connectivity index (χ3v) is 2.81. The van der Waals surface area contributed by atoms with Gasteiger partial charge in [0.05, 0.1) is 6.61 Å². The molecule has 5 nitrogen and oxygen atoms in total. The lowest BCUT2D eigenvalue weighted by Crippen LogP contribution is -2.43. The van der Waals surface area contributed by atoms with Gasteiger partial charge in [0.1, 0.15) is 5.75 Å². The van der Waals surface area contributed by atoms with Gasteiger partial charge < -0.3 is 20.1 Å². The second-order valence-corrected chi connectivity index (χ2v) is 4.97. The van der Waals surface area contributed by atoms with Gasteiger partial charge in [0, 0.05) is 26.7 Å². The van der Waals surface area contributed by atoms with Crippen molar-refractivity contribution in [3.05, 3.63) is 29.8 Å². The molecule has 24 heavy (non-hydrogen) atoms. The van der Waals surface area contributed by atoms with Crippen molar-refractivity contribution in [3.8, 4) is 5.75 Å². The van der Waals surface area contributed by atoms with Crippen LogP contribution in [0.1, 0.15) is 12.5 Å². The van der Waals surface area contributed by atoms with E-state index in [4.69, 9.17) is 4.74 Å². The second-order valence-electron chi connectivity index (χ2n) is 4.97. The molecule has 0 saturated carbocycles. The lowest BCUT2D eigenvalue weighted by molar-refractivity contribution is -0.153. The molecule has 1 rings (SSSR count). The first-order valence-corrected chi connectivity index (χ1v) is 7.08. The molecule has 0 amide bonds. The summed E-state index contributed by atoms with van der Waals surface area (Å²) in [4.78, 5) is 4.09. The van der Waals surface area contributed by atoms with Gasteiger partial charge in [-0.3, -0.25) is 4.99 Å². The van der Waals surface area contributed by atoms with Gasteiger partial charge in [-0.2, -0.15) is 13.2 Å². The maximum absolute atomic E-state index is 12.1. The van der Waals surface area contributed by atoms with Crippen LogP contribution in [0.4, 0.5) is 13.2 Å². The van der Waals surface area contributed by atoms with Gasteiger partial charge in [-0.25, -0.2) is 0 Å². The quantitative estimate of drug-likeness (QED) is 0.373. The number of benzene rings is 1. The van der Waals surface area contributed by atoms with Crippen molar-refractivity contribution in [3.63, 3.8) is 0 Å². The van der Waals surface area contributed by atoms with Gasteiger partial charge in [-0.05, 0) is 24.6 Å². The molecule has 0 aliphatic rings. The predicted octanol–water partition coefficient (Wildman–Crippen LogP) is 2.95.